The van der Waals surface area contributed by atoms with Crippen molar-refractivity contribution in [1.82, 2.24) is 0 Å². The Morgan fingerprint density at radius 2 is 1.90 bits per heavy atom. The summed E-state index contributed by atoms with van der Waals surface area (Å²) >= 11 is 3.40. The van der Waals surface area contributed by atoms with Crippen molar-refractivity contribution in [2.24, 2.45) is 0 Å². The van der Waals surface area contributed by atoms with E-state index in [4.69, 9.17) is 4.42 Å². The molecular weight excluding hydrogens is 335 g/mol. The molecule has 0 aliphatic carbocycles. The zero-order chi connectivity index (χ0) is 15.1. The van der Waals surface area contributed by atoms with Gasteiger partial charge in [0.25, 0.3) is 0 Å². The van der Waals surface area contributed by atoms with Crippen molar-refractivity contribution >= 4 is 32.7 Å². The fourth-order valence-electron chi connectivity index (χ4n) is 2.27. The first-order valence-electron chi connectivity index (χ1n) is 6.47. The average Bonchev–Trinajstić information content (AvgIpc) is 2.78. The van der Waals surface area contributed by atoms with Gasteiger partial charge in [-0.05, 0) is 43.7 Å². The van der Waals surface area contributed by atoms with Gasteiger partial charge in [-0.25, -0.2) is 4.39 Å². The van der Waals surface area contributed by atoms with E-state index < -0.39 is 5.82 Å². The van der Waals surface area contributed by atoms with Crippen LogP contribution in [0, 0.1) is 19.7 Å². The summed E-state index contributed by atoms with van der Waals surface area (Å²) in [5.74, 6) is -0.442. The van der Waals surface area contributed by atoms with Crippen LogP contribution in [0.2, 0.25) is 0 Å². The maximum atomic E-state index is 13.6. The molecule has 0 aliphatic rings. The minimum absolute atomic E-state index is 0.256. The number of carbonyl (C=O) groups excluding carboxylic acids is 1. The van der Waals surface area contributed by atoms with E-state index in [9.17, 15) is 9.18 Å². The van der Waals surface area contributed by atoms with Gasteiger partial charge in [0.2, 0.25) is 5.78 Å². The van der Waals surface area contributed by atoms with Crippen LogP contribution >= 0.6 is 15.9 Å². The largest absolute Gasteiger partial charge is 0.452 e. The van der Waals surface area contributed by atoms with Crippen molar-refractivity contribution < 1.29 is 13.6 Å². The van der Waals surface area contributed by atoms with E-state index in [2.05, 4.69) is 15.9 Å². The summed E-state index contributed by atoms with van der Waals surface area (Å²) in [5, 5.41) is 0.875. The number of hydrogen-bond donors (Lipinski definition) is 0. The van der Waals surface area contributed by atoms with Crippen LogP contribution in [0.1, 0.15) is 27.2 Å². The van der Waals surface area contributed by atoms with Crippen molar-refractivity contribution in [3.8, 4) is 0 Å². The molecule has 0 aliphatic heterocycles. The van der Waals surface area contributed by atoms with Gasteiger partial charge >= 0.3 is 0 Å². The first-order valence-corrected chi connectivity index (χ1v) is 7.26. The molecule has 3 rings (SSSR count). The predicted molar refractivity (Wildman–Crippen MR) is 83.2 cm³/mol. The summed E-state index contributed by atoms with van der Waals surface area (Å²) in [6.07, 6.45) is 0. The molecule has 0 saturated carbocycles. The van der Waals surface area contributed by atoms with Crippen LogP contribution in [0.4, 0.5) is 4.39 Å². The quantitative estimate of drug-likeness (QED) is 0.598. The van der Waals surface area contributed by atoms with E-state index in [1.54, 1.807) is 25.1 Å². The molecule has 0 spiro atoms. The molecule has 0 amide bonds. The molecular formula is C17H12BrFO2. The van der Waals surface area contributed by atoms with Gasteiger partial charge in [-0.3, -0.25) is 4.79 Å². The fraction of sp³-hybridized carbons (Fsp3) is 0.118. The van der Waals surface area contributed by atoms with Gasteiger partial charge in [0, 0.05) is 21.0 Å². The van der Waals surface area contributed by atoms with Crippen molar-refractivity contribution in [1.29, 1.82) is 0 Å². The molecule has 0 unspecified atom stereocenters. The van der Waals surface area contributed by atoms with Gasteiger partial charge in [-0.15, -0.1) is 0 Å². The summed E-state index contributed by atoms with van der Waals surface area (Å²) in [6.45, 7) is 3.49. The Morgan fingerprint density at radius 1 is 1.14 bits per heavy atom. The predicted octanol–water partition coefficient (Wildman–Crippen LogP) is 5.18. The third-order valence-electron chi connectivity index (χ3n) is 3.54. The van der Waals surface area contributed by atoms with Crippen molar-refractivity contribution in [3.05, 3.63) is 69.1 Å². The van der Waals surface area contributed by atoms with Gasteiger partial charge in [-0.2, -0.15) is 0 Å². The first-order chi connectivity index (χ1) is 9.97. The Kier molecular flexibility index (Phi) is 3.41. The molecule has 3 aromatic rings. The Balaban J connectivity index is 2.13. The van der Waals surface area contributed by atoms with E-state index in [1.807, 2.05) is 19.1 Å². The number of rotatable bonds is 2. The molecule has 1 heterocycles. The number of hydrogen-bond acceptors (Lipinski definition) is 2. The number of benzene rings is 2. The number of carbonyl (C=O) groups is 1. The van der Waals surface area contributed by atoms with Gasteiger partial charge in [0.15, 0.2) is 5.76 Å². The highest BCUT2D eigenvalue weighted by molar-refractivity contribution is 9.10. The Hall–Kier alpha value is -1.94. The maximum Gasteiger partial charge on any atom is 0.228 e. The lowest BCUT2D eigenvalue weighted by molar-refractivity contribution is 0.101. The minimum Gasteiger partial charge on any atom is -0.452 e. The number of halogens is 2. The number of aryl methyl sites for hydroxylation is 2. The van der Waals surface area contributed by atoms with Gasteiger partial charge in [0.1, 0.15) is 11.4 Å². The summed E-state index contributed by atoms with van der Waals surface area (Å²) in [5.41, 5.74) is 2.21. The SMILES string of the molecule is Cc1ccc(C(=O)c2oc3ccc(Br)cc3c2C)cc1F. The Morgan fingerprint density at radius 3 is 2.62 bits per heavy atom. The normalized spacial score (nSPS) is 11.0. The highest BCUT2D eigenvalue weighted by atomic mass is 79.9. The summed E-state index contributed by atoms with van der Waals surface area (Å²) in [4.78, 5) is 12.5. The molecule has 21 heavy (non-hydrogen) atoms. The second kappa shape index (κ2) is 5.11. The first kappa shape index (κ1) is 14.0. The molecule has 0 radical (unpaired) electrons. The van der Waals surface area contributed by atoms with E-state index >= 15 is 0 Å². The topological polar surface area (TPSA) is 30.2 Å². The number of ketones is 1. The molecule has 106 valence electrons. The second-order valence-corrected chi connectivity index (χ2v) is 5.91. The lowest BCUT2D eigenvalue weighted by Crippen LogP contribution is -2.02. The molecule has 0 fully saturated rings. The van der Waals surface area contributed by atoms with Crippen molar-refractivity contribution in [2.75, 3.05) is 0 Å². The van der Waals surface area contributed by atoms with Gasteiger partial charge < -0.3 is 4.42 Å². The van der Waals surface area contributed by atoms with E-state index in [1.165, 1.54) is 6.07 Å². The van der Waals surface area contributed by atoms with Crippen molar-refractivity contribution in [2.45, 2.75) is 13.8 Å². The second-order valence-electron chi connectivity index (χ2n) is 4.99. The van der Waals surface area contributed by atoms with Crippen LogP contribution in [-0.4, -0.2) is 5.78 Å². The van der Waals surface area contributed by atoms with E-state index in [-0.39, 0.29) is 11.5 Å². The third-order valence-corrected chi connectivity index (χ3v) is 4.03. The summed E-state index contributed by atoms with van der Waals surface area (Å²) < 4.78 is 20.2. The van der Waals surface area contributed by atoms with Crippen LogP contribution in [0.3, 0.4) is 0 Å². The Bertz CT molecular complexity index is 865. The number of fused-ring (bicyclic) bond motifs is 1. The van der Waals surface area contributed by atoms with Crippen molar-refractivity contribution in [3.63, 3.8) is 0 Å². The van der Waals surface area contributed by atoms with E-state index in [0.717, 1.165) is 15.4 Å². The van der Waals surface area contributed by atoms with Crippen LogP contribution in [-0.2, 0) is 0 Å². The Labute approximate surface area is 129 Å². The average molecular weight is 347 g/mol. The summed E-state index contributed by atoms with van der Waals surface area (Å²) in [7, 11) is 0. The van der Waals surface area contributed by atoms with Crippen LogP contribution in [0.25, 0.3) is 11.0 Å². The standard InChI is InChI=1S/C17H12BrFO2/c1-9-3-4-11(7-14(9)19)16(20)17-10(2)13-8-12(18)5-6-15(13)21-17/h3-8H,1-2H3. The lowest BCUT2D eigenvalue weighted by Gasteiger charge is -2.01. The molecule has 1 aromatic heterocycles. The van der Waals surface area contributed by atoms with E-state index in [0.29, 0.717) is 16.7 Å². The van der Waals surface area contributed by atoms with Gasteiger partial charge in [-0.1, -0.05) is 28.1 Å². The summed E-state index contributed by atoms with van der Waals surface area (Å²) in [6, 6.07) is 10.0. The highest BCUT2D eigenvalue weighted by Gasteiger charge is 2.20. The molecule has 0 atom stereocenters. The highest BCUT2D eigenvalue weighted by Crippen LogP contribution is 2.29. The van der Waals surface area contributed by atoms with Crippen LogP contribution < -0.4 is 0 Å². The zero-order valence-electron chi connectivity index (χ0n) is 11.5. The molecule has 0 N–H and O–H groups in total. The molecule has 2 nitrogen and oxygen atoms in total. The van der Waals surface area contributed by atoms with Crippen LogP contribution in [0.5, 0.6) is 0 Å². The van der Waals surface area contributed by atoms with Gasteiger partial charge in [0.05, 0.1) is 0 Å². The molecule has 4 heteroatoms. The zero-order valence-corrected chi connectivity index (χ0v) is 13.1. The maximum absolute atomic E-state index is 13.6. The number of furan rings is 1. The van der Waals surface area contributed by atoms with Crippen LogP contribution in [0.15, 0.2) is 45.3 Å². The fourth-order valence-corrected chi connectivity index (χ4v) is 2.64. The smallest absolute Gasteiger partial charge is 0.228 e. The molecule has 0 saturated heterocycles. The molecule has 0 bridgehead atoms. The third kappa shape index (κ3) is 2.40. The monoisotopic (exact) mass is 346 g/mol. The minimum atomic E-state index is -0.391. The molecule has 2 aromatic carbocycles. The lowest BCUT2D eigenvalue weighted by atomic mass is 10.0.